The molecule has 6 heteroatoms. The van der Waals surface area contributed by atoms with E-state index < -0.39 is 11.9 Å². The molecule has 2 saturated heterocycles. The number of ether oxygens (including phenoxy) is 1. The lowest BCUT2D eigenvalue weighted by atomic mass is 9.99. The Morgan fingerprint density at radius 2 is 2.18 bits per heavy atom. The molecular weight excluding hydrogens is 224 g/mol. The number of carboxylic acids is 1. The van der Waals surface area contributed by atoms with Crippen LogP contribution < -0.4 is 5.32 Å². The zero-order valence-corrected chi connectivity index (χ0v) is 9.72. The van der Waals surface area contributed by atoms with Crippen molar-refractivity contribution in [1.29, 1.82) is 0 Å². The van der Waals surface area contributed by atoms with Gasteiger partial charge in [0.05, 0.1) is 18.6 Å². The number of nitrogens with zero attached hydrogens (tertiary/aromatic N) is 1. The van der Waals surface area contributed by atoms with Gasteiger partial charge in [0.15, 0.2) is 0 Å². The third-order valence-corrected chi connectivity index (χ3v) is 3.32. The Hall–Kier alpha value is -1.30. The molecule has 2 aliphatic rings. The normalized spacial score (nSPS) is 29.1. The van der Waals surface area contributed by atoms with Crippen LogP contribution in [0.2, 0.25) is 0 Å². The Balaban J connectivity index is 1.83. The second kappa shape index (κ2) is 5.35. The topological polar surface area (TPSA) is 78.9 Å². The molecule has 0 aromatic rings. The van der Waals surface area contributed by atoms with Gasteiger partial charge in [-0.25, -0.2) is 4.79 Å². The molecule has 0 saturated carbocycles. The highest BCUT2D eigenvalue weighted by Gasteiger charge is 2.29. The first-order chi connectivity index (χ1) is 8.16. The highest BCUT2D eigenvalue weighted by atomic mass is 16.5. The number of carboxylic acid groups (broad SMARTS) is 1. The number of rotatable bonds is 2. The van der Waals surface area contributed by atoms with Crippen LogP contribution in [-0.2, 0) is 9.53 Å². The lowest BCUT2D eigenvalue weighted by Gasteiger charge is -2.31. The maximum Gasteiger partial charge on any atom is 0.317 e. The molecule has 2 N–H and O–H groups in total. The summed E-state index contributed by atoms with van der Waals surface area (Å²) in [5.41, 5.74) is 0. The van der Waals surface area contributed by atoms with Crippen LogP contribution in [0.5, 0.6) is 0 Å². The number of carbonyl (C=O) groups is 2. The standard InChI is InChI=1S/C11H18N2O4/c14-10(15)8-2-1-4-13(6-8)11(16)12-9-3-5-17-7-9/h8-9H,1-7H2,(H,12,16)(H,14,15)/t8-,9-/m1/s1. The highest BCUT2D eigenvalue weighted by Crippen LogP contribution is 2.17. The van der Waals surface area contributed by atoms with Crippen molar-refractivity contribution in [3.63, 3.8) is 0 Å². The van der Waals surface area contributed by atoms with Gasteiger partial charge in [0.25, 0.3) is 0 Å². The van der Waals surface area contributed by atoms with Gasteiger partial charge < -0.3 is 20.1 Å². The molecule has 2 atom stereocenters. The van der Waals surface area contributed by atoms with Crippen molar-refractivity contribution < 1.29 is 19.4 Å². The van der Waals surface area contributed by atoms with Crippen LogP contribution in [0.1, 0.15) is 19.3 Å². The summed E-state index contributed by atoms with van der Waals surface area (Å²) in [5, 5.41) is 11.8. The zero-order chi connectivity index (χ0) is 12.3. The van der Waals surface area contributed by atoms with Gasteiger partial charge in [0.1, 0.15) is 0 Å². The van der Waals surface area contributed by atoms with Gasteiger partial charge in [-0.2, -0.15) is 0 Å². The third kappa shape index (κ3) is 3.09. The van der Waals surface area contributed by atoms with Crippen LogP contribution in [-0.4, -0.2) is 54.4 Å². The van der Waals surface area contributed by atoms with Crippen molar-refractivity contribution in [3.05, 3.63) is 0 Å². The first-order valence-corrected chi connectivity index (χ1v) is 6.03. The van der Waals surface area contributed by atoms with Crippen molar-refractivity contribution in [2.24, 2.45) is 5.92 Å². The van der Waals surface area contributed by atoms with Crippen molar-refractivity contribution >= 4 is 12.0 Å². The fraction of sp³-hybridized carbons (Fsp3) is 0.818. The van der Waals surface area contributed by atoms with Crippen LogP contribution in [0.25, 0.3) is 0 Å². The SMILES string of the molecule is O=C(O)[C@@H]1CCCN(C(=O)N[C@@H]2CCOC2)C1. The van der Waals surface area contributed by atoms with E-state index in [2.05, 4.69) is 5.32 Å². The van der Waals surface area contributed by atoms with Crippen LogP contribution >= 0.6 is 0 Å². The average Bonchev–Trinajstić information content (AvgIpc) is 2.82. The van der Waals surface area contributed by atoms with E-state index in [0.717, 1.165) is 12.8 Å². The maximum absolute atomic E-state index is 11.9. The number of amides is 2. The Labute approximate surface area is 99.9 Å². The lowest BCUT2D eigenvalue weighted by molar-refractivity contribution is -0.143. The molecule has 0 aromatic heterocycles. The molecule has 0 spiro atoms. The second-order valence-electron chi connectivity index (χ2n) is 4.63. The number of aliphatic carboxylic acids is 1. The van der Waals surface area contributed by atoms with Gasteiger partial charge in [0.2, 0.25) is 0 Å². The predicted octanol–water partition coefficient (Wildman–Crippen LogP) is 0.281. The molecule has 0 radical (unpaired) electrons. The Bertz CT molecular complexity index is 302. The molecule has 6 nitrogen and oxygen atoms in total. The van der Waals surface area contributed by atoms with Crippen LogP contribution in [0.4, 0.5) is 4.79 Å². The molecule has 0 bridgehead atoms. The number of likely N-dealkylation sites (tertiary alicyclic amines) is 1. The molecule has 2 fully saturated rings. The first-order valence-electron chi connectivity index (χ1n) is 6.03. The van der Waals surface area contributed by atoms with Crippen molar-refractivity contribution in [2.45, 2.75) is 25.3 Å². The van der Waals surface area contributed by atoms with Crippen molar-refractivity contribution in [2.75, 3.05) is 26.3 Å². The molecule has 0 unspecified atom stereocenters. The summed E-state index contributed by atoms with van der Waals surface area (Å²) in [5.74, 6) is -1.24. The summed E-state index contributed by atoms with van der Waals surface area (Å²) in [4.78, 5) is 24.4. The summed E-state index contributed by atoms with van der Waals surface area (Å²) in [6.45, 7) is 2.20. The van der Waals surface area contributed by atoms with Crippen LogP contribution in [0.3, 0.4) is 0 Å². The molecule has 2 aliphatic heterocycles. The number of nitrogens with one attached hydrogen (secondary N) is 1. The Morgan fingerprint density at radius 1 is 1.35 bits per heavy atom. The van der Waals surface area contributed by atoms with Crippen LogP contribution in [0.15, 0.2) is 0 Å². The number of urea groups is 1. The summed E-state index contributed by atoms with van der Waals surface area (Å²) in [7, 11) is 0. The van der Waals surface area contributed by atoms with E-state index in [1.807, 2.05) is 0 Å². The van der Waals surface area contributed by atoms with E-state index in [-0.39, 0.29) is 12.1 Å². The zero-order valence-electron chi connectivity index (χ0n) is 9.72. The van der Waals surface area contributed by atoms with Gasteiger partial charge in [-0.3, -0.25) is 4.79 Å². The fourth-order valence-electron chi connectivity index (χ4n) is 2.28. The largest absolute Gasteiger partial charge is 0.481 e. The molecule has 96 valence electrons. The van der Waals surface area contributed by atoms with E-state index >= 15 is 0 Å². The monoisotopic (exact) mass is 242 g/mol. The van der Waals surface area contributed by atoms with E-state index in [9.17, 15) is 9.59 Å². The smallest absolute Gasteiger partial charge is 0.317 e. The average molecular weight is 242 g/mol. The molecule has 2 heterocycles. The van der Waals surface area contributed by atoms with Gasteiger partial charge >= 0.3 is 12.0 Å². The van der Waals surface area contributed by atoms with E-state index in [0.29, 0.717) is 32.7 Å². The minimum absolute atomic E-state index is 0.0766. The summed E-state index contributed by atoms with van der Waals surface area (Å²) < 4.78 is 5.18. The quantitative estimate of drug-likeness (QED) is 0.729. The Kier molecular flexibility index (Phi) is 3.83. The summed E-state index contributed by atoms with van der Waals surface area (Å²) in [6, 6.07) is -0.0841. The first kappa shape index (κ1) is 12.2. The number of hydrogen-bond donors (Lipinski definition) is 2. The Morgan fingerprint density at radius 3 is 2.82 bits per heavy atom. The lowest BCUT2D eigenvalue weighted by Crippen LogP contribution is -2.49. The fourth-order valence-corrected chi connectivity index (χ4v) is 2.28. The maximum atomic E-state index is 11.9. The van der Waals surface area contributed by atoms with E-state index in [4.69, 9.17) is 9.84 Å². The van der Waals surface area contributed by atoms with Crippen LogP contribution in [0, 0.1) is 5.92 Å². The minimum atomic E-state index is -0.813. The predicted molar refractivity (Wildman–Crippen MR) is 59.7 cm³/mol. The molecule has 2 rings (SSSR count). The molecule has 2 amide bonds. The molecule has 17 heavy (non-hydrogen) atoms. The summed E-state index contributed by atoms with van der Waals surface area (Å²) in [6.07, 6.45) is 2.25. The van der Waals surface area contributed by atoms with Gasteiger partial charge in [-0.05, 0) is 19.3 Å². The van der Waals surface area contributed by atoms with Gasteiger partial charge in [-0.1, -0.05) is 0 Å². The minimum Gasteiger partial charge on any atom is -0.481 e. The van der Waals surface area contributed by atoms with Gasteiger partial charge in [0, 0.05) is 19.7 Å². The molecule has 0 aliphatic carbocycles. The van der Waals surface area contributed by atoms with Gasteiger partial charge in [-0.15, -0.1) is 0 Å². The van der Waals surface area contributed by atoms with E-state index in [1.165, 1.54) is 0 Å². The molecule has 0 aromatic carbocycles. The summed E-state index contributed by atoms with van der Waals surface area (Å²) >= 11 is 0. The van der Waals surface area contributed by atoms with Crippen molar-refractivity contribution in [1.82, 2.24) is 10.2 Å². The highest BCUT2D eigenvalue weighted by molar-refractivity contribution is 5.76. The number of piperidine rings is 1. The number of carbonyl (C=O) groups excluding carboxylic acids is 1. The van der Waals surface area contributed by atoms with Crippen molar-refractivity contribution in [3.8, 4) is 0 Å². The number of hydrogen-bond acceptors (Lipinski definition) is 3. The third-order valence-electron chi connectivity index (χ3n) is 3.32. The second-order valence-corrected chi connectivity index (χ2v) is 4.63. The molecular formula is C11H18N2O4. The van der Waals surface area contributed by atoms with E-state index in [1.54, 1.807) is 4.90 Å².